The standard InChI is InChI=1S/C22H24BrN5/c1-24-8-4-10-28(2)22-21-18-7-6-16(23)12-19(18)27-20(21)13-17(26-22)11-15-5-3-9-25-14-15/h3,5-7,9,12-14,24,27H,4,8,10-11H2,1-2H3. The Balaban J connectivity index is 1.82. The maximum Gasteiger partial charge on any atom is 0.138 e. The minimum Gasteiger partial charge on any atom is -0.359 e. The molecule has 0 fully saturated rings. The SMILES string of the molecule is CNCCCN(C)c1nc(Cc2cccnc2)cc2[nH]c3cc(Br)ccc3c12. The second-order valence-corrected chi connectivity index (χ2v) is 8.01. The molecule has 3 heterocycles. The van der Waals surface area contributed by atoms with Crippen LogP contribution in [0.4, 0.5) is 5.82 Å². The fourth-order valence-electron chi connectivity index (χ4n) is 3.61. The van der Waals surface area contributed by atoms with E-state index in [0.717, 1.165) is 58.5 Å². The van der Waals surface area contributed by atoms with Crippen LogP contribution in [0.15, 0.2) is 53.3 Å². The van der Waals surface area contributed by atoms with E-state index in [1.54, 1.807) is 6.20 Å². The highest BCUT2D eigenvalue weighted by Gasteiger charge is 2.16. The molecule has 4 aromatic rings. The lowest BCUT2D eigenvalue weighted by Gasteiger charge is -2.20. The maximum absolute atomic E-state index is 5.07. The molecule has 3 aromatic heterocycles. The van der Waals surface area contributed by atoms with Crippen molar-refractivity contribution in [3.8, 4) is 0 Å². The van der Waals surface area contributed by atoms with Gasteiger partial charge in [-0.25, -0.2) is 4.98 Å². The Kier molecular flexibility index (Phi) is 5.59. The molecule has 0 bridgehead atoms. The predicted octanol–water partition coefficient (Wildman–Crippen LogP) is 4.51. The average Bonchev–Trinajstić information content (AvgIpc) is 3.05. The molecule has 144 valence electrons. The van der Waals surface area contributed by atoms with Gasteiger partial charge in [0.05, 0.1) is 5.52 Å². The number of aromatic nitrogens is 3. The summed E-state index contributed by atoms with van der Waals surface area (Å²) >= 11 is 3.58. The van der Waals surface area contributed by atoms with Gasteiger partial charge in [-0.1, -0.05) is 28.1 Å². The van der Waals surface area contributed by atoms with Gasteiger partial charge in [0.25, 0.3) is 0 Å². The van der Waals surface area contributed by atoms with Crippen LogP contribution in [0, 0.1) is 0 Å². The van der Waals surface area contributed by atoms with Crippen LogP contribution in [0.5, 0.6) is 0 Å². The summed E-state index contributed by atoms with van der Waals surface area (Å²) in [6.45, 7) is 1.94. The van der Waals surface area contributed by atoms with Crippen molar-refractivity contribution in [2.75, 3.05) is 32.1 Å². The van der Waals surface area contributed by atoms with E-state index in [0.29, 0.717) is 0 Å². The molecule has 0 saturated carbocycles. The fourth-order valence-corrected chi connectivity index (χ4v) is 3.97. The van der Waals surface area contributed by atoms with Gasteiger partial charge in [-0.05, 0) is 49.8 Å². The number of benzene rings is 1. The van der Waals surface area contributed by atoms with E-state index in [1.165, 1.54) is 10.8 Å². The fraction of sp³-hybridized carbons (Fsp3) is 0.273. The number of fused-ring (bicyclic) bond motifs is 3. The lowest BCUT2D eigenvalue weighted by Crippen LogP contribution is -2.23. The number of nitrogens with zero attached hydrogens (tertiary/aromatic N) is 3. The number of hydrogen-bond acceptors (Lipinski definition) is 4. The van der Waals surface area contributed by atoms with E-state index in [2.05, 4.69) is 73.5 Å². The van der Waals surface area contributed by atoms with E-state index < -0.39 is 0 Å². The van der Waals surface area contributed by atoms with Crippen molar-refractivity contribution in [3.05, 3.63) is 64.5 Å². The molecule has 0 aliphatic heterocycles. The first-order valence-electron chi connectivity index (χ1n) is 9.51. The highest BCUT2D eigenvalue weighted by atomic mass is 79.9. The second kappa shape index (κ2) is 8.29. The first-order chi connectivity index (χ1) is 13.7. The Morgan fingerprint density at radius 2 is 2.07 bits per heavy atom. The largest absolute Gasteiger partial charge is 0.359 e. The third-order valence-corrected chi connectivity index (χ3v) is 5.46. The Labute approximate surface area is 173 Å². The Morgan fingerprint density at radius 3 is 2.86 bits per heavy atom. The van der Waals surface area contributed by atoms with E-state index in [4.69, 9.17) is 4.98 Å². The van der Waals surface area contributed by atoms with Crippen LogP contribution < -0.4 is 10.2 Å². The summed E-state index contributed by atoms with van der Waals surface area (Å²) in [4.78, 5) is 15.2. The van der Waals surface area contributed by atoms with Crippen LogP contribution in [-0.4, -0.2) is 42.1 Å². The highest BCUT2D eigenvalue weighted by molar-refractivity contribution is 9.10. The zero-order valence-electron chi connectivity index (χ0n) is 16.2. The Bertz CT molecular complexity index is 1090. The first kappa shape index (κ1) is 18.9. The number of halogens is 1. The molecule has 0 spiro atoms. The van der Waals surface area contributed by atoms with Gasteiger partial charge in [0.1, 0.15) is 5.82 Å². The zero-order chi connectivity index (χ0) is 19.5. The smallest absolute Gasteiger partial charge is 0.138 e. The molecule has 4 rings (SSSR count). The maximum atomic E-state index is 5.07. The monoisotopic (exact) mass is 437 g/mol. The van der Waals surface area contributed by atoms with Crippen LogP contribution in [0.3, 0.4) is 0 Å². The number of H-pyrrole nitrogens is 1. The van der Waals surface area contributed by atoms with E-state index in [1.807, 2.05) is 19.3 Å². The second-order valence-electron chi connectivity index (χ2n) is 7.09. The number of rotatable bonds is 7. The van der Waals surface area contributed by atoms with E-state index in [9.17, 15) is 0 Å². The van der Waals surface area contributed by atoms with Gasteiger partial charge < -0.3 is 15.2 Å². The van der Waals surface area contributed by atoms with Crippen molar-refractivity contribution in [1.82, 2.24) is 20.3 Å². The summed E-state index contributed by atoms with van der Waals surface area (Å²) in [6.07, 6.45) is 5.54. The van der Waals surface area contributed by atoms with Gasteiger partial charge in [-0.2, -0.15) is 0 Å². The molecule has 28 heavy (non-hydrogen) atoms. The molecule has 0 atom stereocenters. The summed E-state index contributed by atoms with van der Waals surface area (Å²) in [5.74, 6) is 1.03. The molecule has 0 saturated heterocycles. The Morgan fingerprint density at radius 1 is 1.18 bits per heavy atom. The number of anilines is 1. The van der Waals surface area contributed by atoms with Crippen molar-refractivity contribution in [3.63, 3.8) is 0 Å². The number of nitrogens with one attached hydrogen (secondary N) is 2. The lowest BCUT2D eigenvalue weighted by atomic mass is 10.1. The normalized spacial score (nSPS) is 11.4. The highest BCUT2D eigenvalue weighted by Crippen LogP contribution is 2.34. The summed E-state index contributed by atoms with van der Waals surface area (Å²) in [5, 5.41) is 5.61. The summed E-state index contributed by atoms with van der Waals surface area (Å²) in [5.41, 5.74) is 4.45. The van der Waals surface area contributed by atoms with Crippen molar-refractivity contribution in [1.29, 1.82) is 0 Å². The van der Waals surface area contributed by atoms with Gasteiger partial charge >= 0.3 is 0 Å². The quantitative estimate of drug-likeness (QED) is 0.417. The molecule has 2 N–H and O–H groups in total. The molecule has 5 nitrogen and oxygen atoms in total. The molecule has 0 aliphatic carbocycles. The lowest BCUT2D eigenvalue weighted by molar-refractivity contribution is 0.709. The minimum atomic E-state index is 0.764. The first-order valence-corrected chi connectivity index (χ1v) is 10.3. The summed E-state index contributed by atoms with van der Waals surface area (Å²) in [7, 11) is 4.12. The van der Waals surface area contributed by atoms with E-state index >= 15 is 0 Å². The molecule has 0 aliphatic rings. The van der Waals surface area contributed by atoms with E-state index in [-0.39, 0.29) is 0 Å². The van der Waals surface area contributed by atoms with Gasteiger partial charge in [0.15, 0.2) is 0 Å². The molecule has 0 amide bonds. The number of hydrogen-bond donors (Lipinski definition) is 2. The van der Waals surface area contributed by atoms with Crippen molar-refractivity contribution in [2.45, 2.75) is 12.8 Å². The predicted molar refractivity (Wildman–Crippen MR) is 120 cm³/mol. The van der Waals surface area contributed by atoms with Gasteiger partial charge in [0, 0.05) is 58.9 Å². The van der Waals surface area contributed by atoms with Crippen LogP contribution in [0.1, 0.15) is 17.7 Å². The summed E-state index contributed by atoms with van der Waals surface area (Å²) in [6, 6.07) is 12.6. The molecule has 6 heteroatoms. The van der Waals surface area contributed by atoms with Gasteiger partial charge in [-0.15, -0.1) is 0 Å². The van der Waals surface area contributed by atoms with Crippen molar-refractivity contribution >= 4 is 43.6 Å². The average molecular weight is 438 g/mol. The van der Waals surface area contributed by atoms with Crippen molar-refractivity contribution < 1.29 is 0 Å². The third-order valence-electron chi connectivity index (χ3n) is 4.96. The third kappa shape index (κ3) is 3.88. The van der Waals surface area contributed by atoms with Gasteiger partial charge in [-0.3, -0.25) is 4.98 Å². The topological polar surface area (TPSA) is 56.8 Å². The molecule has 0 unspecified atom stereocenters. The van der Waals surface area contributed by atoms with Crippen LogP contribution in [-0.2, 0) is 6.42 Å². The molecular formula is C22H24BrN5. The molecular weight excluding hydrogens is 414 g/mol. The summed E-state index contributed by atoms with van der Waals surface area (Å²) < 4.78 is 1.07. The van der Waals surface area contributed by atoms with Crippen LogP contribution in [0.2, 0.25) is 0 Å². The van der Waals surface area contributed by atoms with Crippen molar-refractivity contribution in [2.24, 2.45) is 0 Å². The zero-order valence-corrected chi connectivity index (χ0v) is 17.8. The Hall–Kier alpha value is -2.44. The van der Waals surface area contributed by atoms with Gasteiger partial charge in [0.2, 0.25) is 0 Å². The molecule has 1 aromatic carbocycles. The molecule has 0 radical (unpaired) electrons. The minimum absolute atomic E-state index is 0.764. The van der Waals surface area contributed by atoms with Crippen LogP contribution in [0.25, 0.3) is 21.8 Å². The number of aromatic amines is 1. The number of pyridine rings is 2. The van der Waals surface area contributed by atoms with Crippen LogP contribution >= 0.6 is 15.9 Å².